The van der Waals surface area contributed by atoms with Crippen LogP contribution >= 0.6 is 11.3 Å². The Labute approximate surface area is 114 Å². The van der Waals surface area contributed by atoms with Crippen LogP contribution < -0.4 is 0 Å². The molecule has 1 heterocycles. The molecule has 0 amide bonds. The number of hydrogen-bond donors (Lipinski definition) is 0. The quantitative estimate of drug-likeness (QED) is 0.586. The van der Waals surface area contributed by atoms with Gasteiger partial charge in [-0.15, -0.1) is 11.3 Å². The van der Waals surface area contributed by atoms with E-state index in [2.05, 4.69) is 6.92 Å². The van der Waals surface area contributed by atoms with Crippen molar-refractivity contribution in [3.05, 3.63) is 59.0 Å². The van der Waals surface area contributed by atoms with Gasteiger partial charge in [-0.05, 0) is 30.2 Å². The molecule has 0 atom stereocenters. The lowest BCUT2D eigenvalue weighted by Crippen LogP contribution is -1.86. The minimum absolute atomic E-state index is 0.535. The van der Waals surface area contributed by atoms with Gasteiger partial charge in [0.05, 0.1) is 0 Å². The van der Waals surface area contributed by atoms with Crippen molar-refractivity contribution < 1.29 is 8.78 Å². The monoisotopic (exact) mass is 274 g/mol. The molecule has 3 heteroatoms. The summed E-state index contributed by atoms with van der Waals surface area (Å²) in [5.74, 6) is -1.07. The first-order chi connectivity index (χ1) is 9.19. The van der Waals surface area contributed by atoms with Crippen LogP contribution in [0.15, 0.2) is 42.5 Å². The lowest BCUT2D eigenvalue weighted by molar-refractivity contribution is 0.584. The number of hydrogen-bond acceptors (Lipinski definition) is 1. The molecule has 0 aliphatic carbocycles. The van der Waals surface area contributed by atoms with Crippen LogP contribution in [0, 0.1) is 11.6 Å². The molecule has 0 saturated heterocycles. The fourth-order valence-corrected chi connectivity index (χ4v) is 3.53. The highest BCUT2D eigenvalue weighted by atomic mass is 32.1. The molecule has 0 aliphatic heterocycles. The van der Waals surface area contributed by atoms with E-state index in [0.717, 1.165) is 33.0 Å². The third kappa shape index (κ3) is 2.15. The SMILES string of the molecule is CCc1sc2ccccc2c1-c1cc(F)cc(F)c1. The Morgan fingerprint density at radius 2 is 1.68 bits per heavy atom. The van der Waals surface area contributed by atoms with E-state index in [1.807, 2.05) is 24.3 Å². The summed E-state index contributed by atoms with van der Waals surface area (Å²) in [4.78, 5) is 1.16. The standard InChI is InChI=1S/C16H12F2S/c1-2-14-16(10-7-11(17)9-12(18)8-10)13-5-3-4-6-15(13)19-14/h3-9H,2H2,1H3. The van der Waals surface area contributed by atoms with Crippen LogP contribution in [0.5, 0.6) is 0 Å². The summed E-state index contributed by atoms with van der Waals surface area (Å²) in [6.45, 7) is 2.06. The summed E-state index contributed by atoms with van der Waals surface area (Å²) < 4.78 is 28.0. The van der Waals surface area contributed by atoms with Crippen molar-refractivity contribution in [2.45, 2.75) is 13.3 Å². The van der Waals surface area contributed by atoms with E-state index in [-0.39, 0.29) is 0 Å². The van der Waals surface area contributed by atoms with Gasteiger partial charge in [0, 0.05) is 26.6 Å². The van der Waals surface area contributed by atoms with Crippen molar-refractivity contribution in [1.29, 1.82) is 0 Å². The summed E-state index contributed by atoms with van der Waals surface area (Å²) in [6, 6.07) is 11.7. The zero-order valence-corrected chi connectivity index (χ0v) is 11.2. The summed E-state index contributed by atoms with van der Waals surface area (Å²) in [7, 11) is 0. The zero-order chi connectivity index (χ0) is 13.4. The van der Waals surface area contributed by atoms with Crippen LogP contribution in [0.1, 0.15) is 11.8 Å². The third-order valence-electron chi connectivity index (χ3n) is 3.14. The van der Waals surface area contributed by atoms with Crippen molar-refractivity contribution >= 4 is 21.4 Å². The van der Waals surface area contributed by atoms with E-state index in [4.69, 9.17) is 0 Å². The molecule has 3 aromatic rings. The fraction of sp³-hybridized carbons (Fsp3) is 0.125. The Morgan fingerprint density at radius 3 is 2.37 bits per heavy atom. The molecule has 0 aliphatic rings. The maximum absolute atomic E-state index is 13.4. The highest BCUT2D eigenvalue weighted by Crippen LogP contribution is 2.39. The van der Waals surface area contributed by atoms with Crippen molar-refractivity contribution in [3.63, 3.8) is 0 Å². The fourth-order valence-electron chi connectivity index (χ4n) is 2.36. The molecule has 0 spiro atoms. The van der Waals surface area contributed by atoms with Gasteiger partial charge >= 0.3 is 0 Å². The average Bonchev–Trinajstić information content (AvgIpc) is 2.75. The van der Waals surface area contributed by atoms with Gasteiger partial charge in [-0.25, -0.2) is 8.78 Å². The van der Waals surface area contributed by atoms with Gasteiger partial charge in [0.25, 0.3) is 0 Å². The van der Waals surface area contributed by atoms with Crippen molar-refractivity contribution in [1.82, 2.24) is 0 Å². The number of benzene rings is 2. The first kappa shape index (κ1) is 12.3. The first-order valence-electron chi connectivity index (χ1n) is 6.16. The topological polar surface area (TPSA) is 0 Å². The van der Waals surface area contributed by atoms with Crippen molar-refractivity contribution in [2.75, 3.05) is 0 Å². The van der Waals surface area contributed by atoms with E-state index in [1.165, 1.54) is 12.1 Å². The molecule has 0 unspecified atom stereocenters. The van der Waals surface area contributed by atoms with Crippen LogP contribution in [0.25, 0.3) is 21.2 Å². The number of fused-ring (bicyclic) bond motifs is 1. The normalized spacial score (nSPS) is 11.1. The number of aryl methyl sites for hydroxylation is 1. The molecule has 0 radical (unpaired) electrons. The molecule has 0 fully saturated rings. The van der Waals surface area contributed by atoms with E-state index in [9.17, 15) is 8.78 Å². The number of halogens is 2. The van der Waals surface area contributed by atoms with E-state index >= 15 is 0 Å². The van der Waals surface area contributed by atoms with Crippen LogP contribution in [0.2, 0.25) is 0 Å². The lowest BCUT2D eigenvalue weighted by atomic mass is 10.0. The van der Waals surface area contributed by atoms with Crippen LogP contribution in [-0.2, 0) is 6.42 Å². The summed E-state index contributed by atoms with van der Waals surface area (Å²) in [6.07, 6.45) is 0.854. The van der Waals surface area contributed by atoms with Crippen LogP contribution in [-0.4, -0.2) is 0 Å². The van der Waals surface area contributed by atoms with Crippen LogP contribution in [0.4, 0.5) is 8.78 Å². The highest BCUT2D eigenvalue weighted by Gasteiger charge is 2.14. The molecule has 96 valence electrons. The van der Waals surface area contributed by atoms with Crippen molar-refractivity contribution in [2.24, 2.45) is 0 Å². The number of rotatable bonds is 2. The molecule has 0 bridgehead atoms. The maximum atomic E-state index is 13.4. The molecule has 2 aromatic carbocycles. The Kier molecular flexibility index (Phi) is 3.07. The van der Waals surface area contributed by atoms with Crippen molar-refractivity contribution in [3.8, 4) is 11.1 Å². The average molecular weight is 274 g/mol. The van der Waals surface area contributed by atoms with E-state index in [1.54, 1.807) is 11.3 Å². The van der Waals surface area contributed by atoms with E-state index in [0.29, 0.717) is 5.56 Å². The van der Waals surface area contributed by atoms with E-state index < -0.39 is 11.6 Å². The molecule has 3 rings (SSSR count). The molecule has 1 aromatic heterocycles. The second kappa shape index (κ2) is 4.74. The smallest absolute Gasteiger partial charge is 0.126 e. The Balaban J connectivity index is 2.34. The third-order valence-corrected chi connectivity index (χ3v) is 4.46. The number of thiophene rings is 1. The van der Waals surface area contributed by atoms with Gasteiger partial charge in [-0.2, -0.15) is 0 Å². The lowest BCUT2D eigenvalue weighted by Gasteiger charge is -2.04. The van der Waals surface area contributed by atoms with Gasteiger partial charge in [-0.3, -0.25) is 0 Å². The molecular formula is C16H12F2S. The zero-order valence-electron chi connectivity index (χ0n) is 10.4. The molecular weight excluding hydrogens is 262 g/mol. The minimum atomic E-state index is -0.535. The van der Waals surface area contributed by atoms with Gasteiger partial charge in [-0.1, -0.05) is 25.1 Å². The molecule has 0 saturated carbocycles. The van der Waals surface area contributed by atoms with Gasteiger partial charge in [0.15, 0.2) is 0 Å². The second-order valence-electron chi connectivity index (χ2n) is 4.41. The summed E-state index contributed by atoms with van der Waals surface area (Å²) in [5, 5.41) is 1.06. The Bertz CT molecular complexity index is 723. The summed E-state index contributed by atoms with van der Waals surface area (Å²) >= 11 is 1.69. The highest BCUT2D eigenvalue weighted by molar-refractivity contribution is 7.19. The predicted octanol–water partition coefficient (Wildman–Crippen LogP) is 5.41. The first-order valence-corrected chi connectivity index (χ1v) is 6.97. The second-order valence-corrected chi connectivity index (χ2v) is 5.54. The maximum Gasteiger partial charge on any atom is 0.126 e. The summed E-state index contributed by atoms with van der Waals surface area (Å²) in [5.41, 5.74) is 1.58. The molecule has 0 nitrogen and oxygen atoms in total. The largest absolute Gasteiger partial charge is 0.207 e. The van der Waals surface area contributed by atoms with Crippen LogP contribution in [0.3, 0.4) is 0 Å². The molecule has 19 heavy (non-hydrogen) atoms. The Hall–Kier alpha value is -1.74. The van der Waals surface area contributed by atoms with Gasteiger partial charge in [0.1, 0.15) is 11.6 Å². The minimum Gasteiger partial charge on any atom is -0.207 e. The van der Waals surface area contributed by atoms with Gasteiger partial charge < -0.3 is 0 Å². The Morgan fingerprint density at radius 1 is 1.00 bits per heavy atom. The predicted molar refractivity (Wildman–Crippen MR) is 76.6 cm³/mol. The molecule has 0 N–H and O–H groups in total. The van der Waals surface area contributed by atoms with Gasteiger partial charge in [0.2, 0.25) is 0 Å².